The molecule has 1 aliphatic rings. The first kappa shape index (κ1) is 17.1. The fourth-order valence-electron chi connectivity index (χ4n) is 3.17. The highest BCUT2D eigenvalue weighted by atomic mass is 35.5. The number of rotatable bonds is 7. The number of hydrogen-bond acceptors (Lipinski definition) is 2. The third-order valence-electron chi connectivity index (χ3n) is 4.81. The molecule has 0 N–H and O–H groups in total. The van der Waals surface area contributed by atoms with Crippen LogP contribution in [-0.4, -0.2) is 6.61 Å². The van der Waals surface area contributed by atoms with Crippen molar-refractivity contribution in [3.05, 3.63) is 95.0 Å². The molecule has 0 amide bonds. The molecule has 2 nitrogen and oxygen atoms in total. The van der Waals surface area contributed by atoms with Gasteiger partial charge in [-0.15, -0.1) is 0 Å². The molecule has 0 atom stereocenters. The van der Waals surface area contributed by atoms with Crippen molar-refractivity contribution in [2.75, 3.05) is 6.61 Å². The first-order valence-corrected chi connectivity index (χ1v) is 9.27. The highest BCUT2D eigenvalue weighted by Gasteiger charge is 2.44. The van der Waals surface area contributed by atoms with Crippen LogP contribution in [0.2, 0.25) is 5.02 Å². The monoisotopic (exact) mass is 364 g/mol. The van der Waals surface area contributed by atoms with Crippen molar-refractivity contribution < 1.29 is 9.47 Å². The predicted molar refractivity (Wildman–Crippen MR) is 105 cm³/mol. The van der Waals surface area contributed by atoms with E-state index in [9.17, 15) is 0 Å². The molecule has 4 rings (SSSR count). The van der Waals surface area contributed by atoms with E-state index in [0.29, 0.717) is 6.61 Å². The van der Waals surface area contributed by atoms with Crippen LogP contribution >= 0.6 is 11.6 Å². The summed E-state index contributed by atoms with van der Waals surface area (Å²) in [5.74, 6) is 1.66. The van der Waals surface area contributed by atoms with E-state index in [2.05, 4.69) is 18.2 Å². The van der Waals surface area contributed by atoms with Gasteiger partial charge in [-0.05, 0) is 60.4 Å². The highest BCUT2D eigenvalue weighted by Crippen LogP contribution is 2.48. The Morgan fingerprint density at radius 1 is 0.808 bits per heavy atom. The lowest BCUT2D eigenvalue weighted by atomic mass is 9.97. The molecule has 0 bridgehead atoms. The van der Waals surface area contributed by atoms with Crippen LogP contribution in [0, 0.1) is 0 Å². The molecule has 0 aliphatic heterocycles. The second-order valence-corrected chi connectivity index (χ2v) is 7.28. The third-order valence-corrected chi connectivity index (χ3v) is 5.05. The van der Waals surface area contributed by atoms with Crippen molar-refractivity contribution in [2.24, 2.45) is 0 Å². The van der Waals surface area contributed by atoms with Crippen LogP contribution in [0.3, 0.4) is 0 Å². The summed E-state index contributed by atoms with van der Waals surface area (Å²) in [6, 6.07) is 26.0. The van der Waals surface area contributed by atoms with Crippen molar-refractivity contribution in [1.29, 1.82) is 0 Å². The van der Waals surface area contributed by atoms with Gasteiger partial charge in [0.05, 0.1) is 13.2 Å². The van der Waals surface area contributed by atoms with E-state index >= 15 is 0 Å². The van der Waals surface area contributed by atoms with Crippen LogP contribution in [-0.2, 0) is 16.8 Å². The zero-order valence-electron chi connectivity index (χ0n) is 14.5. The lowest BCUT2D eigenvalue weighted by molar-refractivity contribution is 0.100. The summed E-state index contributed by atoms with van der Waals surface area (Å²) in [6.45, 7) is 1.30. The predicted octanol–water partition coefficient (Wildman–Crippen LogP) is 6.38. The van der Waals surface area contributed by atoms with Gasteiger partial charge < -0.3 is 9.47 Å². The largest absolute Gasteiger partial charge is 0.457 e. The molecule has 3 aromatic carbocycles. The Kier molecular flexibility index (Phi) is 4.96. The van der Waals surface area contributed by atoms with Crippen LogP contribution in [0.4, 0.5) is 0 Å². The zero-order chi connectivity index (χ0) is 17.8. The Balaban J connectivity index is 1.36. The summed E-state index contributed by atoms with van der Waals surface area (Å²) in [7, 11) is 0. The average Bonchev–Trinajstić information content (AvgIpc) is 3.44. The maximum Gasteiger partial charge on any atom is 0.127 e. The van der Waals surface area contributed by atoms with Crippen LogP contribution in [0.1, 0.15) is 24.0 Å². The fraction of sp³-hybridized carbons (Fsp3) is 0.217. The second kappa shape index (κ2) is 7.53. The van der Waals surface area contributed by atoms with E-state index in [1.54, 1.807) is 0 Å². The summed E-state index contributed by atoms with van der Waals surface area (Å²) in [5, 5.41) is 0.791. The molecule has 3 heteroatoms. The van der Waals surface area contributed by atoms with Gasteiger partial charge in [0.1, 0.15) is 11.5 Å². The number of hydrogen-bond donors (Lipinski definition) is 0. The minimum atomic E-state index is 0.142. The van der Waals surface area contributed by atoms with Gasteiger partial charge in [-0.1, -0.05) is 54.1 Å². The first-order valence-electron chi connectivity index (χ1n) is 8.89. The van der Waals surface area contributed by atoms with Crippen molar-refractivity contribution in [3.63, 3.8) is 0 Å². The summed E-state index contributed by atoms with van der Waals surface area (Å²) >= 11 is 6.14. The summed E-state index contributed by atoms with van der Waals surface area (Å²) in [6.07, 6.45) is 2.31. The SMILES string of the molecule is Clc1cccc(C2(COCc3cccc(Oc4ccccc4)c3)CC2)c1. The van der Waals surface area contributed by atoms with Gasteiger partial charge in [-0.2, -0.15) is 0 Å². The first-order chi connectivity index (χ1) is 12.7. The fourth-order valence-corrected chi connectivity index (χ4v) is 3.36. The molecule has 0 heterocycles. The normalized spacial score (nSPS) is 14.8. The van der Waals surface area contributed by atoms with E-state index in [-0.39, 0.29) is 5.41 Å². The van der Waals surface area contributed by atoms with E-state index in [1.165, 1.54) is 5.56 Å². The molecular weight excluding hydrogens is 344 g/mol. The molecule has 0 unspecified atom stereocenters. The van der Waals surface area contributed by atoms with Crippen LogP contribution in [0.5, 0.6) is 11.5 Å². The van der Waals surface area contributed by atoms with E-state index < -0.39 is 0 Å². The zero-order valence-corrected chi connectivity index (χ0v) is 15.3. The summed E-state index contributed by atoms with van der Waals surface area (Å²) in [4.78, 5) is 0. The molecule has 132 valence electrons. The van der Waals surface area contributed by atoms with Gasteiger partial charge in [0, 0.05) is 10.4 Å². The number of para-hydroxylation sites is 1. The molecule has 3 aromatic rings. The van der Waals surface area contributed by atoms with Crippen LogP contribution in [0.15, 0.2) is 78.9 Å². The van der Waals surface area contributed by atoms with Gasteiger partial charge in [-0.25, -0.2) is 0 Å². The third kappa shape index (κ3) is 4.09. The molecule has 1 aliphatic carbocycles. The molecule has 0 saturated heterocycles. The van der Waals surface area contributed by atoms with Crippen LogP contribution in [0.25, 0.3) is 0 Å². The van der Waals surface area contributed by atoms with Gasteiger partial charge in [0.2, 0.25) is 0 Å². The second-order valence-electron chi connectivity index (χ2n) is 6.85. The van der Waals surface area contributed by atoms with Crippen molar-refractivity contribution in [1.82, 2.24) is 0 Å². The van der Waals surface area contributed by atoms with Gasteiger partial charge in [0.15, 0.2) is 0 Å². The van der Waals surface area contributed by atoms with Gasteiger partial charge >= 0.3 is 0 Å². The molecule has 1 saturated carbocycles. The lowest BCUT2D eigenvalue weighted by Crippen LogP contribution is -2.15. The maximum absolute atomic E-state index is 6.14. The van der Waals surface area contributed by atoms with Gasteiger partial charge in [0.25, 0.3) is 0 Å². The summed E-state index contributed by atoms with van der Waals surface area (Å²) in [5.41, 5.74) is 2.54. The Labute approximate surface area is 159 Å². The molecular formula is C23H21ClO2. The molecule has 0 aromatic heterocycles. The van der Waals surface area contributed by atoms with Crippen molar-refractivity contribution in [2.45, 2.75) is 24.9 Å². The maximum atomic E-state index is 6.14. The van der Waals surface area contributed by atoms with E-state index in [1.807, 2.05) is 60.7 Å². The highest BCUT2D eigenvalue weighted by molar-refractivity contribution is 6.30. The minimum absolute atomic E-state index is 0.142. The molecule has 0 spiro atoms. The Bertz CT molecular complexity index is 872. The number of benzene rings is 3. The molecule has 1 fully saturated rings. The minimum Gasteiger partial charge on any atom is -0.457 e. The lowest BCUT2D eigenvalue weighted by Gasteiger charge is -2.16. The summed E-state index contributed by atoms with van der Waals surface area (Å²) < 4.78 is 11.9. The quantitative estimate of drug-likeness (QED) is 0.484. The van der Waals surface area contributed by atoms with Gasteiger partial charge in [-0.3, -0.25) is 0 Å². The van der Waals surface area contributed by atoms with E-state index in [0.717, 1.165) is 41.5 Å². The number of halogens is 1. The Morgan fingerprint density at radius 2 is 1.58 bits per heavy atom. The number of ether oxygens (including phenoxy) is 2. The topological polar surface area (TPSA) is 18.5 Å². The Hall–Kier alpha value is -2.29. The average molecular weight is 365 g/mol. The van der Waals surface area contributed by atoms with Crippen LogP contribution < -0.4 is 4.74 Å². The van der Waals surface area contributed by atoms with Crippen molar-refractivity contribution in [3.8, 4) is 11.5 Å². The standard InChI is InChI=1S/C23H21ClO2/c24-20-8-5-7-19(15-20)23(12-13-23)17-25-16-18-6-4-11-22(14-18)26-21-9-2-1-3-10-21/h1-11,14-15H,12-13,16-17H2. The van der Waals surface area contributed by atoms with E-state index in [4.69, 9.17) is 21.1 Å². The molecule has 26 heavy (non-hydrogen) atoms. The Morgan fingerprint density at radius 3 is 2.35 bits per heavy atom. The molecule has 0 radical (unpaired) electrons. The smallest absolute Gasteiger partial charge is 0.127 e. The van der Waals surface area contributed by atoms with Crippen molar-refractivity contribution >= 4 is 11.6 Å².